The number of nitro benzene ring substituents is 1. The predicted octanol–water partition coefficient (Wildman–Crippen LogP) is 1.18. The third-order valence-electron chi connectivity index (χ3n) is 3.54. The quantitative estimate of drug-likeness (QED) is 0.603. The normalized spacial score (nSPS) is 16.7. The molecule has 0 unspecified atom stereocenters. The number of aliphatic hydroxyl groups excluding tert-OH is 1. The van der Waals surface area contributed by atoms with Gasteiger partial charge >= 0.3 is 0 Å². The molecule has 0 aliphatic heterocycles. The third-order valence-corrected chi connectivity index (χ3v) is 4.65. The number of sulfone groups is 1. The van der Waals surface area contributed by atoms with Gasteiger partial charge in [0.1, 0.15) is 5.69 Å². The molecule has 1 fully saturated rings. The molecule has 8 heteroatoms. The van der Waals surface area contributed by atoms with Gasteiger partial charge in [-0.3, -0.25) is 10.1 Å². The van der Waals surface area contributed by atoms with E-state index in [0.717, 1.165) is 25.2 Å². The molecular weight excluding hydrogens is 284 g/mol. The molecule has 2 rings (SSSR count). The van der Waals surface area contributed by atoms with E-state index in [-0.39, 0.29) is 28.3 Å². The average molecular weight is 300 g/mol. The number of nitrogens with one attached hydrogen (secondary N) is 1. The molecule has 20 heavy (non-hydrogen) atoms. The Morgan fingerprint density at radius 3 is 2.55 bits per heavy atom. The van der Waals surface area contributed by atoms with Crippen molar-refractivity contribution in [1.29, 1.82) is 0 Å². The second-order valence-electron chi connectivity index (χ2n) is 5.22. The first-order chi connectivity index (χ1) is 9.27. The fraction of sp³-hybridized carbons (Fsp3) is 0.500. The van der Waals surface area contributed by atoms with E-state index in [4.69, 9.17) is 0 Å². The number of aliphatic hydroxyl groups is 1. The van der Waals surface area contributed by atoms with E-state index in [0.29, 0.717) is 6.54 Å². The highest BCUT2D eigenvalue weighted by molar-refractivity contribution is 7.90. The second-order valence-corrected chi connectivity index (χ2v) is 7.24. The zero-order chi connectivity index (χ0) is 15.0. The van der Waals surface area contributed by atoms with Gasteiger partial charge in [0.15, 0.2) is 9.84 Å². The predicted molar refractivity (Wildman–Crippen MR) is 73.4 cm³/mol. The van der Waals surface area contributed by atoms with Gasteiger partial charge in [0.05, 0.1) is 16.4 Å². The van der Waals surface area contributed by atoms with Crippen molar-refractivity contribution in [2.75, 3.05) is 24.7 Å². The lowest BCUT2D eigenvalue weighted by Crippen LogP contribution is -2.19. The Balaban J connectivity index is 2.26. The number of anilines is 1. The molecule has 0 heterocycles. The van der Waals surface area contributed by atoms with Gasteiger partial charge < -0.3 is 10.4 Å². The van der Waals surface area contributed by atoms with Crippen molar-refractivity contribution in [2.24, 2.45) is 5.41 Å². The Morgan fingerprint density at radius 1 is 1.45 bits per heavy atom. The van der Waals surface area contributed by atoms with Crippen LogP contribution in [0.1, 0.15) is 12.8 Å². The number of benzene rings is 1. The van der Waals surface area contributed by atoms with Crippen LogP contribution >= 0.6 is 0 Å². The highest BCUT2D eigenvalue weighted by Crippen LogP contribution is 2.45. The lowest BCUT2D eigenvalue weighted by molar-refractivity contribution is -0.384. The maximum Gasteiger partial charge on any atom is 0.293 e. The third kappa shape index (κ3) is 3.07. The minimum Gasteiger partial charge on any atom is -0.396 e. The van der Waals surface area contributed by atoms with Crippen molar-refractivity contribution in [3.05, 3.63) is 28.3 Å². The molecule has 1 aliphatic rings. The number of rotatable bonds is 6. The molecule has 0 atom stereocenters. The second kappa shape index (κ2) is 5.02. The largest absolute Gasteiger partial charge is 0.396 e. The van der Waals surface area contributed by atoms with Crippen LogP contribution in [0.5, 0.6) is 0 Å². The summed E-state index contributed by atoms with van der Waals surface area (Å²) >= 11 is 0. The summed E-state index contributed by atoms with van der Waals surface area (Å²) in [7, 11) is -3.48. The van der Waals surface area contributed by atoms with Gasteiger partial charge in [-0.2, -0.15) is 0 Å². The molecule has 0 amide bonds. The Kier molecular flexibility index (Phi) is 3.70. The van der Waals surface area contributed by atoms with Crippen molar-refractivity contribution in [1.82, 2.24) is 0 Å². The Bertz CT molecular complexity index is 637. The van der Waals surface area contributed by atoms with Gasteiger partial charge in [0.25, 0.3) is 5.69 Å². The first kappa shape index (κ1) is 14.7. The van der Waals surface area contributed by atoms with Crippen LogP contribution in [-0.4, -0.2) is 37.9 Å². The Hall–Kier alpha value is -1.67. The molecule has 1 aliphatic carbocycles. The average Bonchev–Trinajstić information content (AvgIpc) is 3.15. The fourth-order valence-electron chi connectivity index (χ4n) is 1.89. The van der Waals surface area contributed by atoms with E-state index in [1.165, 1.54) is 12.1 Å². The van der Waals surface area contributed by atoms with Crippen LogP contribution in [-0.2, 0) is 9.84 Å². The summed E-state index contributed by atoms with van der Waals surface area (Å²) < 4.78 is 22.8. The maximum atomic E-state index is 11.4. The van der Waals surface area contributed by atoms with Crippen LogP contribution in [0.15, 0.2) is 23.1 Å². The summed E-state index contributed by atoms with van der Waals surface area (Å²) in [6, 6.07) is 3.78. The molecule has 1 saturated carbocycles. The van der Waals surface area contributed by atoms with Crippen LogP contribution in [0.4, 0.5) is 11.4 Å². The number of hydrogen-bond acceptors (Lipinski definition) is 6. The molecule has 0 saturated heterocycles. The van der Waals surface area contributed by atoms with Gasteiger partial charge in [-0.05, 0) is 25.0 Å². The van der Waals surface area contributed by atoms with E-state index in [9.17, 15) is 23.6 Å². The lowest BCUT2D eigenvalue weighted by atomic mass is 10.1. The van der Waals surface area contributed by atoms with Crippen molar-refractivity contribution in [3.63, 3.8) is 0 Å². The summed E-state index contributed by atoms with van der Waals surface area (Å²) in [6.07, 6.45) is 2.77. The molecule has 7 nitrogen and oxygen atoms in total. The van der Waals surface area contributed by atoms with Gasteiger partial charge in [0.2, 0.25) is 0 Å². The van der Waals surface area contributed by atoms with E-state index in [1.807, 2.05) is 0 Å². The SMILES string of the molecule is CS(=O)(=O)c1ccc(NCC2(CO)CC2)c([N+](=O)[O-])c1. The molecule has 110 valence electrons. The zero-order valence-electron chi connectivity index (χ0n) is 11.0. The standard InChI is InChI=1S/C12H16N2O5S/c1-20(18,19)9-2-3-10(11(6-9)14(16)17)13-7-12(8-15)4-5-12/h2-3,6,13,15H,4-5,7-8H2,1H3. The van der Waals surface area contributed by atoms with Crippen LogP contribution < -0.4 is 5.32 Å². The van der Waals surface area contributed by atoms with Crippen LogP contribution in [0, 0.1) is 15.5 Å². The molecular formula is C12H16N2O5S. The molecule has 0 aromatic heterocycles. The minimum absolute atomic E-state index is 0.0369. The minimum atomic E-state index is -3.48. The molecule has 0 radical (unpaired) electrons. The van der Waals surface area contributed by atoms with Crippen molar-refractivity contribution in [2.45, 2.75) is 17.7 Å². The number of nitro groups is 1. The summed E-state index contributed by atoms with van der Waals surface area (Å²) in [4.78, 5) is 10.3. The van der Waals surface area contributed by atoms with Gasteiger partial charge in [-0.15, -0.1) is 0 Å². The van der Waals surface area contributed by atoms with Crippen molar-refractivity contribution in [3.8, 4) is 0 Å². The van der Waals surface area contributed by atoms with Crippen molar-refractivity contribution >= 4 is 21.2 Å². The molecule has 1 aromatic carbocycles. The lowest BCUT2D eigenvalue weighted by Gasteiger charge is -2.14. The van der Waals surface area contributed by atoms with Crippen LogP contribution in [0.2, 0.25) is 0 Å². The summed E-state index contributed by atoms with van der Waals surface area (Å²) in [5, 5.41) is 23.2. The highest BCUT2D eigenvalue weighted by atomic mass is 32.2. The molecule has 2 N–H and O–H groups in total. The van der Waals surface area contributed by atoms with Gasteiger partial charge in [-0.25, -0.2) is 8.42 Å². The number of hydrogen-bond donors (Lipinski definition) is 2. The highest BCUT2D eigenvalue weighted by Gasteiger charge is 2.42. The van der Waals surface area contributed by atoms with E-state index >= 15 is 0 Å². The Morgan fingerprint density at radius 2 is 2.10 bits per heavy atom. The molecule has 0 bridgehead atoms. The van der Waals surface area contributed by atoms with E-state index < -0.39 is 14.8 Å². The van der Waals surface area contributed by atoms with Gasteiger partial charge in [-0.1, -0.05) is 0 Å². The maximum absolute atomic E-state index is 11.4. The number of nitrogens with zero attached hydrogens (tertiary/aromatic N) is 1. The molecule has 0 spiro atoms. The van der Waals surface area contributed by atoms with Crippen molar-refractivity contribution < 1.29 is 18.4 Å². The zero-order valence-corrected chi connectivity index (χ0v) is 11.8. The molecule has 1 aromatic rings. The van der Waals surface area contributed by atoms with Crippen LogP contribution in [0.3, 0.4) is 0 Å². The first-order valence-electron chi connectivity index (χ1n) is 6.11. The smallest absolute Gasteiger partial charge is 0.293 e. The van der Waals surface area contributed by atoms with E-state index in [1.54, 1.807) is 0 Å². The summed E-state index contributed by atoms with van der Waals surface area (Å²) in [5.41, 5.74) is -0.201. The first-order valence-corrected chi connectivity index (χ1v) is 8.00. The monoisotopic (exact) mass is 300 g/mol. The summed E-state index contributed by atoms with van der Waals surface area (Å²) in [5.74, 6) is 0. The fourth-order valence-corrected chi connectivity index (χ4v) is 2.53. The topological polar surface area (TPSA) is 110 Å². The van der Waals surface area contributed by atoms with Crippen LogP contribution in [0.25, 0.3) is 0 Å². The van der Waals surface area contributed by atoms with E-state index in [2.05, 4.69) is 5.32 Å². The summed E-state index contributed by atoms with van der Waals surface area (Å²) in [6.45, 7) is 0.470. The van der Waals surface area contributed by atoms with Gasteiger partial charge in [0, 0.05) is 24.3 Å². The Labute approximate surface area is 116 Å².